The lowest BCUT2D eigenvalue weighted by atomic mass is 9.94. The van der Waals surface area contributed by atoms with E-state index in [4.69, 9.17) is 9.57 Å². The van der Waals surface area contributed by atoms with Crippen LogP contribution in [0.25, 0.3) is 0 Å². The van der Waals surface area contributed by atoms with Gasteiger partial charge in [0, 0.05) is 19.5 Å². The Morgan fingerprint density at radius 2 is 1.08 bits per heavy atom. The van der Waals surface area contributed by atoms with Crippen LogP contribution in [0.1, 0.15) is 194 Å². The number of rotatable bonds is 39. The van der Waals surface area contributed by atoms with Crippen molar-refractivity contribution in [1.82, 2.24) is 9.96 Å². The SMILES string of the molecule is CC/C=C\CCC/C=C/CCCCN(CCCCCCCCOC(=O)C(CCCCCC)CCCCCCCC)OCC(=O)CCCN(C)C. The van der Waals surface area contributed by atoms with Crippen molar-refractivity contribution in [2.45, 2.75) is 194 Å². The maximum Gasteiger partial charge on any atom is 0.308 e. The third kappa shape index (κ3) is 34.9. The third-order valence-corrected chi connectivity index (χ3v) is 9.50. The molecule has 0 aromatic heterocycles. The van der Waals surface area contributed by atoms with Crippen molar-refractivity contribution in [2.75, 3.05) is 46.9 Å². The summed E-state index contributed by atoms with van der Waals surface area (Å²) in [5.41, 5.74) is 0. The van der Waals surface area contributed by atoms with E-state index in [1.807, 2.05) is 14.1 Å². The van der Waals surface area contributed by atoms with Gasteiger partial charge in [-0.25, -0.2) is 0 Å². The normalized spacial score (nSPS) is 12.6. The van der Waals surface area contributed by atoms with E-state index in [0.717, 1.165) is 110 Å². The summed E-state index contributed by atoms with van der Waals surface area (Å²) in [7, 11) is 4.09. The van der Waals surface area contributed by atoms with Gasteiger partial charge in [0.25, 0.3) is 0 Å². The van der Waals surface area contributed by atoms with Gasteiger partial charge in [0.15, 0.2) is 5.78 Å². The number of hydroxylamine groups is 2. The second-order valence-corrected chi connectivity index (χ2v) is 14.8. The van der Waals surface area contributed by atoms with Crippen molar-refractivity contribution < 1.29 is 19.2 Å². The number of allylic oxidation sites excluding steroid dienone is 4. The second-order valence-electron chi connectivity index (χ2n) is 14.8. The third-order valence-electron chi connectivity index (χ3n) is 9.50. The summed E-state index contributed by atoms with van der Waals surface area (Å²) in [4.78, 5) is 33.5. The molecule has 0 saturated carbocycles. The number of ketones is 1. The van der Waals surface area contributed by atoms with Gasteiger partial charge in [-0.3, -0.25) is 14.4 Å². The Morgan fingerprint density at radius 1 is 0.560 bits per heavy atom. The monoisotopic (exact) mass is 705 g/mol. The Bertz CT molecular complexity index is 797. The van der Waals surface area contributed by atoms with Gasteiger partial charge in [-0.1, -0.05) is 135 Å². The number of Topliss-reactive ketones (excluding diaryl/α,β-unsaturated/α-hetero) is 1. The molecule has 0 spiro atoms. The molecule has 0 aliphatic heterocycles. The van der Waals surface area contributed by atoms with E-state index in [0.29, 0.717) is 13.0 Å². The average Bonchev–Trinajstić information content (AvgIpc) is 3.10. The van der Waals surface area contributed by atoms with Crippen LogP contribution >= 0.6 is 0 Å². The molecule has 0 aliphatic rings. The van der Waals surface area contributed by atoms with Crippen LogP contribution in [0.4, 0.5) is 0 Å². The molecule has 294 valence electrons. The van der Waals surface area contributed by atoms with Gasteiger partial charge in [0.1, 0.15) is 6.61 Å². The van der Waals surface area contributed by atoms with E-state index < -0.39 is 0 Å². The Hall–Kier alpha value is -1.50. The summed E-state index contributed by atoms with van der Waals surface area (Å²) >= 11 is 0. The highest BCUT2D eigenvalue weighted by molar-refractivity contribution is 5.79. The molecular weight excluding hydrogens is 620 g/mol. The topological polar surface area (TPSA) is 59.1 Å². The van der Waals surface area contributed by atoms with Crippen LogP contribution < -0.4 is 0 Å². The van der Waals surface area contributed by atoms with Crippen LogP contribution in [-0.4, -0.2) is 68.7 Å². The number of carbonyl (C=O) groups is 2. The number of esters is 1. The number of nitrogens with zero attached hydrogens (tertiary/aromatic N) is 2. The first kappa shape index (κ1) is 48.5. The van der Waals surface area contributed by atoms with Crippen molar-refractivity contribution in [1.29, 1.82) is 0 Å². The summed E-state index contributed by atoms with van der Waals surface area (Å²) in [6, 6.07) is 0. The molecule has 0 aromatic rings. The van der Waals surface area contributed by atoms with Crippen LogP contribution in [0.3, 0.4) is 0 Å². The lowest BCUT2D eigenvalue weighted by Crippen LogP contribution is -2.29. The first-order valence-electron chi connectivity index (χ1n) is 21.4. The molecule has 0 bridgehead atoms. The fraction of sp³-hybridized carbons (Fsp3) is 0.864. The summed E-state index contributed by atoms with van der Waals surface area (Å²) in [5, 5.41) is 2.05. The van der Waals surface area contributed by atoms with Gasteiger partial charge in [0.05, 0.1) is 12.5 Å². The number of unbranched alkanes of at least 4 members (excludes halogenated alkanes) is 17. The highest BCUT2D eigenvalue weighted by Gasteiger charge is 2.19. The van der Waals surface area contributed by atoms with Gasteiger partial charge in [-0.15, -0.1) is 0 Å². The first-order valence-corrected chi connectivity index (χ1v) is 21.4. The quantitative estimate of drug-likeness (QED) is 0.0275. The molecule has 0 rings (SSSR count). The predicted octanol–water partition coefficient (Wildman–Crippen LogP) is 12.2. The minimum Gasteiger partial charge on any atom is -0.465 e. The van der Waals surface area contributed by atoms with Gasteiger partial charge in [0.2, 0.25) is 0 Å². The molecule has 0 radical (unpaired) electrons. The van der Waals surface area contributed by atoms with E-state index in [2.05, 4.69) is 55.0 Å². The maximum absolute atomic E-state index is 12.9. The number of hydrogen-bond donors (Lipinski definition) is 0. The lowest BCUT2D eigenvalue weighted by Gasteiger charge is -2.21. The summed E-state index contributed by atoms with van der Waals surface area (Å²) in [5.74, 6) is 0.341. The molecule has 1 atom stereocenters. The molecule has 0 aromatic carbocycles. The fourth-order valence-corrected chi connectivity index (χ4v) is 6.25. The van der Waals surface area contributed by atoms with Crippen LogP contribution in [0.2, 0.25) is 0 Å². The van der Waals surface area contributed by atoms with Crippen LogP contribution in [0, 0.1) is 5.92 Å². The molecule has 0 fully saturated rings. The largest absolute Gasteiger partial charge is 0.465 e. The van der Waals surface area contributed by atoms with Crippen molar-refractivity contribution in [3.8, 4) is 0 Å². The van der Waals surface area contributed by atoms with Crippen LogP contribution in [-0.2, 0) is 19.2 Å². The highest BCUT2D eigenvalue weighted by atomic mass is 16.7. The summed E-state index contributed by atoms with van der Waals surface area (Å²) < 4.78 is 5.79. The smallest absolute Gasteiger partial charge is 0.308 e. The molecule has 0 aliphatic carbocycles. The number of ether oxygens (including phenoxy) is 1. The van der Waals surface area contributed by atoms with Crippen molar-refractivity contribution >= 4 is 11.8 Å². The zero-order chi connectivity index (χ0) is 36.8. The Balaban J connectivity index is 4.35. The zero-order valence-electron chi connectivity index (χ0n) is 34.0. The first-order chi connectivity index (χ1) is 24.4. The maximum atomic E-state index is 12.9. The Morgan fingerprint density at radius 3 is 1.70 bits per heavy atom. The van der Waals surface area contributed by atoms with Crippen molar-refractivity contribution in [3.05, 3.63) is 24.3 Å². The average molecular weight is 705 g/mol. The summed E-state index contributed by atoms with van der Waals surface area (Å²) in [6.45, 7) is 10.1. The Labute approximate surface area is 311 Å². The Kier molecular flexibility index (Phi) is 37.6. The standard InChI is InChI=1S/C44H84N2O4/c1-6-9-12-15-17-18-19-20-21-25-30-38-46(50-41-43(47)36-33-37-45(4)5)39-31-26-22-23-27-32-40-49-44(48)42(34-28-14-11-8-3)35-29-24-16-13-10-7-2/h9,12,19-20,42H,6-8,10-11,13-18,21-41H2,1-5H3/b12-9-,20-19+. The zero-order valence-corrected chi connectivity index (χ0v) is 34.0. The number of carbonyl (C=O) groups excluding carboxylic acids is 2. The fourth-order valence-electron chi connectivity index (χ4n) is 6.25. The molecule has 0 N–H and O–H groups in total. The molecule has 0 heterocycles. The van der Waals surface area contributed by atoms with Crippen LogP contribution in [0.5, 0.6) is 0 Å². The molecule has 50 heavy (non-hydrogen) atoms. The van der Waals surface area contributed by atoms with Gasteiger partial charge in [-0.05, 0) is 97.7 Å². The lowest BCUT2D eigenvalue weighted by molar-refractivity contribution is -0.170. The molecule has 1 unspecified atom stereocenters. The predicted molar refractivity (Wildman–Crippen MR) is 215 cm³/mol. The van der Waals surface area contributed by atoms with Gasteiger partial charge in [-0.2, -0.15) is 5.06 Å². The summed E-state index contributed by atoms with van der Waals surface area (Å²) in [6.07, 6.45) is 39.8. The van der Waals surface area contributed by atoms with Gasteiger partial charge < -0.3 is 9.64 Å². The number of hydrogen-bond acceptors (Lipinski definition) is 6. The van der Waals surface area contributed by atoms with E-state index in [1.54, 1.807) is 0 Å². The van der Waals surface area contributed by atoms with Crippen molar-refractivity contribution in [3.63, 3.8) is 0 Å². The molecule has 6 nitrogen and oxygen atoms in total. The van der Waals surface area contributed by atoms with Crippen LogP contribution in [0.15, 0.2) is 24.3 Å². The minimum absolute atomic E-state index is 0.0535. The minimum atomic E-state index is 0.0535. The molecule has 6 heteroatoms. The second kappa shape index (κ2) is 38.7. The highest BCUT2D eigenvalue weighted by Crippen LogP contribution is 2.21. The molecule has 0 saturated heterocycles. The van der Waals surface area contributed by atoms with E-state index >= 15 is 0 Å². The molecule has 0 amide bonds. The van der Waals surface area contributed by atoms with E-state index in [9.17, 15) is 9.59 Å². The van der Waals surface area contributed by atoms with E-state index in [1.165, 1.54) is 77.0 Å². The van der Waals surface area contributed by atoms with Crippen molar-refractivity contribution in [2.24, 2.45) is 5.92 Å². The van der Waals surface area contributed by atoms with Gasteiger partial charge >= 0.3 is 5.97 Å². The molecular formula is C44H84N2O4. The van der Waals surface area contributed by atoms with E-state index in [-0.39, 0.29) is 24.3 Å².